The number of nitrogens with one attached hydrogen (secondary N) is 1. The van der Waals surface area contributed by atoms with Crippen LogP contribution < -0.4 is 5.43 Å². The van der Waals surface area contributed by atoms with Crippen LogP contribution in [0.2, 0.25) is 0 Å². The Kier molecular flexibility index (Phi) is 5.55. The van der Waals surface area contributed by atoms with Gasteiger partial charge in [0.25, 0.3) is 11.6 Å². The zero-order chi connectivity index (χ0) is 19.3. The lowest BCUT2D eigenvalue weighted by atomic mass is 10.1. The number of benzene rings is 2. The van der Waals surface area contributed by atoms with Crippen LogP contribution in [0.1, 0.15) is 17.2 Å². The minimum atomic E-state index is -1.51. The number of phenolic OH excluding ortho intramolecular Hbond substituents is 1. The van der Waals surface area contributed by atoms with E-state index in [1.807, 2.05) is 5.43 Å². The molecular weight excluding hydrogens is 348 g/mol. The molecule has 0 aromatic heterocycles. The van der Waals surface area contributed by atoms with Gasteiger partial charge in [-0.05, 0) is 5.56 Å². The van der Waals surface area contributed by atoms with Crippen molar-refractivity contribution < 1.29 is 24.9 Å². The zero-order valence-electron chi connectivity index (χ0n) is 13.0. The zero-order valence-corrected chi connectivity index (χ0v) is 13.0. The van der Waals surface area contributed by atoms with Gasteiger partial charge in [-0.25, -0.2) is 5.43 Å². The summed E-state index contributed by atoms with van der Waals surface area (Å²) in [7, 11) is 0. The highest BCUT2D eigenvalue weighted by Gasteiger charge is 2.23. The van der Waals surface area contributed by atoms with E-state index in [1.165, 1.54) is 12.1 Å². The van der Waals surface area contributed by atoms with Gasteiger partial charge < -0.3 is 10.2 Å². The van der Waals surface area contributed by atoms with Crippen molar-refractivity contribution in [3.63, 3.8) is 0 Å². The van der Waals surface area contributed by atoms with Crippen molar-refractivity contribution in [1.29, 1.82) is 0 Å². The molecule has 0 fully saturated rings. The van der Waals surface area contributed by atoms with Crippen LogP contribution in [0.4, 0.5) is 11.4 Å². The van der Waals surface area contributed by atoms with Crippen LogP contribution in [0.15, 0.2) is 47.6 Å². The summed E-state index contributed by atoms with van der Waals surface area (Å²) in [6, 6.07) is 9.43. The minimum absolute atomic E-state index is 0.314. The molecule has 3 N–H and O–H groups in total. The number of aromatic hydroxyl groups is 1. The third-order valence-electron chi connectivity index (χ3n) is 3.25. The van der Waals surface area contributed by atoms with E-state index in [4.69, 9.17) is 0 Å². The highest BCUT2D eigenvalue weighted by molar-refractivity contribution is 5.89. The van der Waals surface area contributed by atoms with E-state index in [-0.39, 0.29) is 5.56 Å². The Morgan fingerprint density at radius 3 is 2.38 bits per heavy atom. The van der Waals surface area contributed by atoms with Gasteiger partial charge in [0, 0.05) is 6.07 Å². The molecule has 0 spiro atoms. The summed E-state index contributed by atoms with van der Waals surface area (Å²) in [5, 5.41) is 44.8. The van der Waals surface area contributed by atoms with Crippen LogP contribution in [0, 0.1) is 20.2 Å². The molecule has 1 unspecified atom stereocenters. The van der Waals surface area contributed by atoms with Gasteiger partial charge in [-0.2, -0.15) is 5.10 Å². The molecule has 0 aliphatic heterocycles. The van der Waals surface area contributed by atoms with Gasteiger partial charge >= 0.3 is 5.69 Å². The Hall–Kier alpha value is -3.86. The quantitative estimate of drug-likeness (QED) is 0.397. The number of carbonyl (C=O) groups is 1. The van der Waals surface area contributed by atoms with Gasteiger partial charge in [-0.1, -0.05) is 30.3 Å². The molecule has 26 heavy (non-hydrogen) atoms. The number of hydrogen-bond donors (Lipinski definition) is 3. The largest absolute Gasteiger partial charge is 0.502 e. The van der Waals surface area contributed by atoms with Crippen LogP contribution in [-0.4, -0.2) is 32.2 Å². The third-order valence-corrected chi connectivity index (χ3v) is 3.25. The number of amides is 1. The average molecular weight is 360 g/mol. The fourth-order valence-corrected chi connectivity index (χ4v) is 1.98. The first-order chi connectivity index (χ1) is 12.3. The lowest BCUT2D eigenvalue weighted by Crippen LogP contribution is -2.25. The molecule has 2 aromatic carbocycles. The maximum atomic E-state index is 11.8. The van der Waals surface area contributed by atoms with Crippen LogP contribution >= 0.6 is 0 Å². The van der Waals surface area contributed by atoms with Crippen molar-refractivity contribution in [2.45, 2.75) is 6.10 Å². The number of hydrogen-bond acceptors (Lipinski definition) is 8. The summed E-state index contributed by atoms with van der Waals surface area (Å²) >= 11 is 0. The summed E-state index contributed by atoms with van der Waals surface area (Å²) < 4.78 is 0. The Morgan fingerprint density at radius 2 is 1.81 bits per heavy atom. The van der Waals surface area contributed by atoms with Crippen LogP contribution in [0.3, 0.4) is 0 Å². The second kappa shape index (κ2) is 7.81. The van der Waals surface area contributed by atoms with E-state index in [9.17, 15) is 35.2 Å². The second-order valence-corrected chi connectivity index (χ2v) is 4.96. The lowest BCUT2D eigenvalue weighted by molar-refractivity contribution is -0.394. The Balaban J connectivity index is 2.21. The number of aliphatic hydroxyl groups excluding tert-OH is 1. The van der Waals surface area contributed by atoms with Gasteiger partial charge in [0.05, 0.1) is 27.7 Å². The topological polar surface area (TPSA) is 168 Å². The number of phenols is 1. The van der Waals surface area contributed by atoms with Crippen LogP contribution in [0.5, 0.6) is 5.75 Å². The molecule has 0 bridgehead atoms. The number of nitrogens with zero attached hydrogens (tertiary/aromatic N) is 3. The normalized spacial score (nSPS) is 11.9. The molecule has 0 saturated heterocycles. The van der Waals surface area contributed by atoms with Crippen LogP contribution in [0.25, 0.3) is 0 Å². The smallest absolute Gasteiger partial charge is 0.318 e. The van der Waals surface area contributed by atoms with Gasteiger partial charge in [-0.15, -0.1) is 0 Å². The molecule has 0 heterocycles. The number of rotatable bonds is 6. The summed E-state index contributed by atoms with van der Waals surface area (Å²) in [6.07, 6.45) is -0.716. The van der Waals surface area contributed by atoms with E-state index < -0.39 is 39.0 Å². The molecular formula is C15H12N4O7. The van der Waals surface area contributed by atoms with E-state index in [1.54, 1.807) is 18.2 Å². The Bertz CT molecular complexity index is 883. The standard InChI is InChI=1S/C15H12N4O7/c20-13-10(6-11(18(23)24)7-12(13)19(25)26)8-16-17-15(22)14(21)9-4-2-1-3-5-9/h1-8,14,20-21H,(H,17,22). The molecule has 2 aromatic rings. The molecule has 0 aliphatic rings. The van der Waals surface area contributed by atoms with E-state index in [0.717, 1.165) is 12.3 Å². The Labute approximate surface area is 145 Å². The maximum absolute atomic E-state index is 11.8. The molecule has 0 aliphatic carbocycles. The molecule has 2 rings (SSSR count). The van der Waals surface area contributed by atoms with E-state index in [0.29, 0.717) is 11.6 Å². The lowest BCUT2D eigenvalue weighted by Gasteiger charge is -2.08. The van der Waals surface area contributed by atoms with Crippen LogP contribution in [-0.2, 0) is 4.79 Å². The number of aliphatic hydroxyl groups is 1. The van der Waals surface area contributed by atoms with E-state index >= 15 is 0 Å². The fraction of sp³-hybridized carbons (Fsp3) is 0.0667. The SMILES string of the molecule is O=C(NN=Cc1cc([N+](=O)[O-])cc([N+](=O)[O-])c1O)C(O)c1ccccc1. The van der Waals surface area contributed by atoms with Crippen molar-refractivity contribution in [1.82, 2.24) is 5.43 Å². The van der Waals surface area contributed by atoms with E-state index in [2.05, 4.69) is 5.10 Å². The summed E-state index contributed by atoms with van der Waals surface area (Å²) in [5.41, 5.74) is 0.440. The first kappa shape index (κ1) is 18.5. The third kappa shape index (κ3) is 4.15. The van der Waals surface area contributed by atoms with Gasteiger partial charge in [0.15, 0.2) is 6.10 Å². The van der Waals surface area contributed by atoms with Crippen molar-refractivity contribution >= 4 is 23.5 Å². The number of hydrazone groups is 1. The number of nitro groups is 2. The minimum Gasteiger partial charge on any atom is -0.502 e. The van der Waals surface area contributed by atoms with Crippen molar-refractivity contribution in [2.24, 2.45) is 5.10 Å². The monoisotopic (exact) mass is 360 g/mol. The highest BCUT2D eigenvalue weighted by atomic mass is 16.6. The number of non-ortho nitro benzene ring substituents is 1. The highest BCUT2D eigenvalue weighted by Crippen LogP contribution is 2.33. The predicted octanol–water partition coefficient (Wildman–Crippen LogP) is 1.39. The van der Waals surface area contributed by atoms with Crippen molar-refractivity contribution in [2.75, 3.05) is 0 Å². The molecule has 11 nitrogen and oxygen atoms in total. The molecule has 134 valence electrons. The Morgan fingerprint density at radius 1 is 1.15 bits per heavy atom. The van der Waals surface area contributed by atoms with Gasteiger partial charge in [-0.3, -0.25) is 25.0 Å². The first-order valence-electron chi connectivity index (χ1n) is 7.03. The molecule has 1 amide bonds. The maximum Gasteiger partial charge on any atom is 0.318 e. The van der Waals surface area contributed by atoms with Crippen molar-refractivity contribution in [3.8, 4) is 5.75 Å². The first-order valence-corrected chi connectivity index (χ1v) is 7.03. The molecule has 0 saturated carbocycles. The molecule has 11 heteroatoms. The second-order valence-electron chi connectivity index (χ2n) is 4.96. The summed E-state index contributed by atoms with van der Waals surface area (Å²) in [4.78, 5) is 31.6. The fourth-order valence-electron chi connectivity index (χ4n) is 1.98. The molecule has 1 atom stereocenters. The van der Waals surface area contributed by atoms with Crippen molar-refractivity contribution in [3.05, 3.63) is 73.8 Å². The summed E-state index contributed by atoms with van der Waals surface area (Å²) in [5.74, 6) is -1.74. The molecule has 0 radical (unpaired) electrons. The predicted molar refractivity (Wildman–Crippen MR) is 88.6 cm³/mol. The van der Waals surface area contributed by atoms with Gasteiger partial charge in [0.1, 0.15) is 0 Å². The number of carbonyl (C=O) groups excluding carboxylic acids is 1. The number of nitro benzene ring substituents is 2. The average Bonchev–Trinajstić information content (AvgIpc) is 2.62. The van der Waals surface area contributed by atoms with Gasteiger partial charge in [0.2, 0.25) is 5.75 Å². The summed E-state index contributed by atoms with van der Waals surface area (Å²) in [6.45, 7) is 0.